The maximum absolute atomic E-state index is 11.8. The molecule has 1 aliphatic heterocycles. The number of carbonyl (C=O) groups excluding carboxylic acids is 1. The number of nitrogens with one attached hydrogen (secondary N) is 1. The van der Waals surface area contributed by atoms with Crippen molar-refractivity contribution in [3.05, 3.63) is 0 Å². The molecule has 1 rings (SSSR count). The van der Waals surface area contributed by atoms with Crippen LogP contribution in [0.2, 0.25) is 0 Å². The highest BCUT2D eigenvalue weighted by atomic mass is 35.5. The van der Waals surface area contributed by atoms with Crippen molar-refractivity contribution in [3.8, 4) is 0 Å². The molecule has 82 valence electrons. The van der Waals surface area contributed by atoms with Crippen molar-refractivity contribution in [2.45, 2.75) is 32.7 Å². The Labute approximate surface area is 95.2 Å². The zero-order chi connectivity index (χ0) is 10.6. The fraction of sp³-hybridized carbons (Fsp3) is 0.900. The van der Waals surface area contributed by atoms with Crippen LogP contribution >= 0.6 is 23.4 Å². The lowest BCUT2D eigenvalue weighted by Gasteiger charge is -2.27. The van der Waals surface area contributed by atoms with Gasteiger partial charge in [-0.1, -0.05) is 0 Å². The van der Waals surface area contributed by atoms with Crippen molar-refractivity contribution in [3.63, 3.8) is 0 Å². The molecule has 0 unspecified atom stereocenters. The summed E-state index contributed by atoms with van der Waals surface area (Å²) in [5.74, 6) is 2.78. The van der Waals surface area contributed by atoms with E-state index in [1.165, 1.54) is 0 Å². The molecule has 0 aromatic heterocycles. The first kappa shape index (κ1) is 12.2. The monoisotopic (exact) mass is 235 g/mol. The molecule has 1 fully saturated rings. The van der Waals surface area contributed by atoms with E-state index < -0.39 is 5.41 Å². The summed E-state index contributed by atoms with van der Waals surface area (Å²) in [7, 11) is 0. The van der Waals surface area contributed by atoms with Crippen LogP contribution < -0.4 is 5.32 Å². The average molecular weight is 236 g/mol. The first-order chi connectivity index (χ1) is 6.56. The maximum atomic E-state index is 11.8. The van der Waals surface area contributed by atoms with Gasteiger partial charge in [-0.25, -0.2) is 0 Å². The van der Waals surface area contributed by atoms with Crippen molar-refractivity contribution in [1.29, 1.82) is 0 Å². The normalized spacial score (nSPS) is 19.4. The molecule has 0 saturated carbocycles. The summed E-state index contributed by atoms with van der Waals surface area (Å²) in [6.45, 7) is 3.76. The molecule has 2 nitrogen and oxygen atoms in total. The zero-order valence-corrected chi connectivity index (χ0v) is 10.4. The third-order valence-electron chi connectivity index (χ3n) is 2.51. The highest BCUT2D eigenvalue weighted by Gasteiger charge is 2.28. The molecule has 1 amide bonds. The Morgan fingerprint density at radius 1 is 1.50 bits per heavy atom. The van der Waals surface area contributed by atoms with E-state index in [1.807, 2.05) is 25.6 Å². The van der Waals surface area contributed by atoms with E-state index in [0.29, 0.717) is 11.9 Å². The van der Waals surface area contributed by atoms with Crippen LogP contribution in [0.1, 0.15) is 26.7 Å². The summed E-state index contributed by atoms with van der Waals surface area (Å²) in [4.78, 5) is 11.8. The van der Waals surface area contributed by atoms with Crippen molar-refractivity contribution >= 4 is 29.3 Å². The molecule has 4 heteroatoms. The lowest BCUT2D eigenvalue weighted by atomic mass is 9.94. The first-order valence-electron chi connectivity index (χ1n) is 5.01. The molecule has 0 spiro atoms. The average Bonchev–Trinajstić information content (AvgIpc) is 2.19. The number of rotatable bonds is 3. The topological polar surface area (TPSA) is 29.1 Å². The number of thioether (sulfide) groups is 1. The summed E-state index contributed by atoms with van der Waals surface area (Å²) in [5.41, 5.74) is -0.438. The van der Waals surface area contributed by atoms with Crippen molar-refractivity contribution in [2.24, 2.45) is 5.41 Å². The van der Waals surface area contributed by atoms with E-state index in [1.54, 1.807) is 0 Å². The molecule has 1 N–H and O–H groups in total. The predicted octanol–water partition coefficient (Wildman–Crippen LogP) is 2.26. The maximum Gasteiger partial charge on any atom is 0.227 e. The minimum absolute atomic E-state index is 0.0874. The summed E-state index contributed by atoms with van der Waals surface area (Å²) >= 11 is 7.70. The second-order valence-corrected chi connectivity index (χ2v) is 5.87. The Bertz CT molecular complexity index is 202. The molecule has 0 bridgehead atoms. The first-order valence-corrected chi connectivity index (χ1v) is 6.70. The van der Waals surface area contributed by atoms with Crippen LogP contribution in [0, 0.1) is 5.41 Å². The molecule has 1 aliphatic rings. The van der Waals surface area contributed by atoms with Crippen LogP contribution in [0.3, 0.4) is 0 Å². The van der Waals surface area contributed by atoms with Gasteiger partial charge >= 0.3 is 0 Å². The third kappa shape index (κ3) is 3.35. The Morgan fingerprint density at radius 2 is 2.07 bits per heavy atom. The number of carbonyl (C=O) groups is 1. The summed E-state index contributed by atoms with van der Waals surface area (Å²) in [5, 5.41) is 3.07. The molecule has 1 heterocycles. The van der Waals surface area contributed by atoms with Gasteiger partial charge in [0, 0.05) is 11.9 Å². The molecule has 0 atom stereocenters. The van der Waals surface area contributed by atoms with Gasteiger partial charge in [0.1, 0.15) is 0 Å². The SMILES string of the molecule is CC(C)(CCl)C(=O)NC1CCSCC1. The molecule has 0 aliphatic carbocycles. The molecule has 0 radical (unpaired) electrons. The van der Waals surface area contributed by atoms with Crippen LogP contribution in [-0.4, -0.2) is 29.3 Å². The highest BCUT2D eigenvalue weighted by molar-refractivity contribution is 7.99. The fourth-order valence-corrected chi connectivity index (χ4v) is 2.51. The second-order valence-electron chi connectivity index (χ2n) is 4.38. The number of halogens is 1. The third-order valence-corrected chi connectivity index (χ3v) is 4.22. The van der Waals surface area contributed by atoms with Gasteiger partial charge in [0.25, 0.3) is 0 Å². The molecule has 0 aromatic carbocycles. The minimum Gasteiger partial charge on any atom is -0.353 e. The van der Waals surface area contributed by atoms with E-state index in [4.69, 9.17) is 11.6 Å². The van der Waals surface area contributed by atoms with E-state index >= 15 is 0 Å². The van der Waals surface area contributed by atoms with Crippen LogP contribution in [0.25, 0.3) is 0 Å². The Morgan fingerprint density at radius 3 is 2.57 bits per heavy atom. The fourth-order valence-electron chi connectivity index (χ4n) is 1.28. The highest BCUT2D eigenvalue weighted by Crippen LogP contribution is 2.21. The van der Waals surface area contributed by atoms with E-state index in [2.05, 4.69) is 5.32 Å². The van der Waals surface area contributed by atoms with Crippen LogP contribution in [0.15, 0.2) is 0 Å². The van der Waals surface area contributed by atoms with Gasteiger partial charge in [0.05, 0.1) is 5.41 Å². The summed E-state index contributed by atoms with van der Waals surface area (Å²) < 4.78 is 0. The van der Waals surface area contributed by atoms with Gasteiger partial charge in [-0.3, -0.25) is 4.79 Å². The number of alkyl halides is 1. The molecule has 0 aromatic rings. The Hall–Kier alpha value is 0.110. The second kappa shape index (κ2) is 5.26. The van der Waals surface area contributed by atoms with Gasteiger partial charge in [0.15, 0.2) is 0 Å². The lowest BCUT2D eigenvalue weighted by Crippen LogP contribution is -2.45. The number of hydrogen-bond donors (Lipinski definition) is 1. The van der Waals surface area contributed by atoms with Gasteiger partial charge in [0.2, 0.25) is 5.91 Å². The molecule has 1 saturated heterocycles. The van der Waals surface area contributed by atoms with Crippen molar-refractivity contribution < 1.29 is 4.79 Å². The van der Waals surface area contributed by atoms with Crippen LogP contribution in [0.4, 0.5) is 0 Å². The number of amides is 1. The van der Waals surface area contributed by atoms with E-state index in [0.717, 1.165) is 24.3 Å². The van der Waals surface area contributed by atoms with Gasteiger partial charge in [-0.15, -0.1) is 11.6 Å². The quantitative estimate of drug-likeness (QED) is 0.761. The van der Waals surface area contributed by atoms with E-state index in [9.17, 15) is 4.79 Å². The van der Waals surface area contributed by atoms with Gasteiger partial charge < -0.3 is 5.32 Å². The molecule has 14 heavy (non-hydrogen) atoms. The zero-order valence-electron chi connectivity index (χ0n) is 8.81. The summed E-state index contributed by atoms with van der Waals surface area (Å²) in [6.07, 6.45) is 2.18. The Kier molecular flexibility index (Phi) is 4.58. The van der Waals surface area contributed by atoms with Gasteiger partial charge in [-0.05, 0) is 38.2 Å². The van der Waals surface area contributed by atoms with E-state index in [-0.39, 0.29) is 5.91 Å². The number of hydrogen-bond acceptors (Lipinski definition) is 2. The van der Waals surface area contributed by atoms with Gasteiger partial charge in [-0.2, -0.15) is 11.8 Å². The van der Waals surface area contributed by atoms with Crippen molar-refractivity contribution in [2.75, 3.05) is 17.4 Å². The standard InChI is InChI=1S/C10H18ClNOS/c1-10(2,7-11)9(13)12-8-3-5-14-6-4-8/h8H,3-7H2,1-2H3,(H,12,13). The predicted molar refractivity (Wildman–Crippen MR) is 63.0 cm³/mol. The minimum atomic E-state index is -0.438. The summed E-state index contributed by atoms with van der Waals surface area (Å²) in [6, 6.07) is 0.367. The van der Waals surface area contributed by atoms with Crippen LogP contribution in [0.5, 0.6) is 0 Å². The smallest absolute Gasteiger partial charge is 0.227 e. The molecular weight excluding hydrogens is 218 g/mol. The lowest BCUT2D eigenvalue weighted by molar-refractivity contribution is -0.129. The van der Waals surface area contributed by atoms with Crippen molar-refractivity contribution in [1.82, 2.24) is 5.32 Å². The Balaban J connectivity index is 2.39. The van der Waals surface area contributed by atoms with Crippen LogP contribution in [-0.2, 0) is 4.79 Å². The largest absolute Gasteiger partial charge is 0.353 e. The molecular formula is C10H18ClNOS.